The lowest BCUT2D eigenvalue weighted by Gasteiger charge is -2.19. The Labute approximate surface area is 97.2 Å². The van der Waals surface area contributed by atoms with Gasteiger partial charge >= 0.3 is 0 Å². The molecular formula is C13H20N2O. The molecule has 1 aromatic heterocycles. The maximum atomic E-state index is 5.91. The zero-order chi connectivity index (χ0) is 11.4. The van der Waals surface area contributed by atoms with Gasteiger partial charge in [-0.05, 0) is 38.3 Å². The Hall–Kier alpha value is -0.930. The van der Waals surface area contributed by atoms with Crippen molar-refractivity contribution >= 4 is 0 Å². The minimum Gasteiger partial charge on any atom is -0.371 e. The summed E-state index contributed by atoms with van der Waals surface area (Å²) in [4.78, 5) is 4.09. The molecule has 1 aromatic rings. The van der Waals surface area contributed by atoms with E-state index in [0.29, 0.717) is 6.10 Å². The summed E-state index contributed by atoms with van der Waals surface area (Å²) in [6.07, 6.45) is 6.38. The van der Waals surface area contributed by atoms with Crippen LogP contribution in [0.4, 0.5) is 0 Å². The van der Waals surface area contributed by atoms with Crippen LogP contribution >= 0.6 is 0 Å². The van der Waals surface area contributed by atoms with E-state index in [1.807, 2.05) is 12.3 Å². The molecule has 3 heteroatoms. The first-order valence-corrected chi connectivity index (χ1v) is 5.93. The van der Waals surface area contributed by atoms with Crippen LogP contribution in [0.25, 0.3) is 0 Å². The molecule has 1 fully saturated rings. The van der Waals surface area contributed by atoms with E-state index in [2.05, 4.69) is 30.2 Å². The van der Waals surface area contributed by atoms with Crippen molar-refractivity contribution in [1.29, 1.82) is 0 Å². The molecule has 1 atom stereocenters. The van der Waals surface area contributed by atoms with Crippen molar-refractivity contribution in [2.45, 2.75) is 44.9 Å². The Balaban J connectivity index is 1.70. The van der Waals surface area contributed by atoms with Gasteiger partial charge in [0.25, 0.3) is 0 Å². The summed E-state index contributed by atoms with van der Waals surface area (Å²) >= 11 is 0. The molecule has 0 bridgehead atoms. The van der Waals surface area contributed by atoms with Crippen molar-refractivity contribution in [3.63, 3.8) is 0 Å². The smallest absolute Gasteiger partial charge is 0.0707 e. The Morgan fingerprint density at radius 3 is 3.06 bits per heavy atom. The SMILES string of the molecule is CC1(C)CCC(CNCc2cccnc2)O1. The summed E-state index contributed by atoms with van der Waals surface area (Å²) in [5.41, 5.74) is 1.29. The third-order valence-electron chi connectivity index (χ3n) is 2.98. The number of ether oxygens (including phenoxy) is 1. The largest absolute Gasteiger partial charge is 0.371 e. The lowest BCUT2D eigenvalue weighted by Crippen LogP contribution is -2.29. The number of nitrogens with one attached hydrogen (secondary N) is 1. The monoisotopic (exact) mass is 220 g/mol. The molecule has 0 amide bonds. The van der Waals surface area contributed by atoms with E-state index >= 15 is 0 Å². The summed E-state index contributed by atoms with van der Waals surface area (Å²) < 4.78 is 5.91. The summed E-state index contributed by atoms with van der Waals surface area (Å²) in [5, 5.41) is 3.42. The quantitative estimate of drug-likeness (QED) is 0.844. The molecule has 1 aliphatic rings. The lowest BCUT2D eigenvalue weighted by molar-refractivity contribution is -0.0142. The van der Waals surface area contributed by atoms with Gasteiger partial charge in [0.2, 0.25) is 0 Å². The molecule has 88 valence electrons. The Kier molecular flexibility index (Phi) is 3.56. The van der Waals surface area contributed by atoms with Gasteiger partial charge in [0.15, 0.2) is 0 Å². The molecule has 0 radical (unpaired) electrons. The maximum absolute atomic E-state index is 5.91. The van der Waals surface area contributed by atoms with Gasteiger partial charge < -0.3 is 10.1 Å². The van der Waals surface area contributed by atoms with Crippen molar-refractivity contribution in [3.05, 3.63) is 30.1 Å². The summed E-state index contributed by atoms with van der Waals surface area (Å²) in [6.45, 7) is 6.12. The molecule has 1 aliphatic heterocycles. The van der Waals surface area contributed by atoms with Crippen molar-refractivity contribution < 1.29 is 4.74 Å². The average Bonchev–Trinajstić information content (AvgIpc) is 2.60. The molecular weight excluding hydrogens is 200 g/mol. The van der Waals surface area contributed by atoms with Crippen LogP contribution in [-0.4, -0.2) is 23.2 Å². The number of pyridine rings is 1. The number of hydrogen-bond acceptors (Lipinski definition) is 3. The zero-order valence-electron chi connectivity index (χ0n) is 10.1. The Morgan fingerprint density at radius 2 is 2.44 bits per heavy atom. The first-order valence-electron chi connectivity index (χ1n) is 5.93. The van der Waals surface area contributed by atoms with Gasteiger partial charge in [-0.15, -0.1) is 0 Å². The molecule has 1 saturated heterocycles. The van der Waals surface area contributed by atoms with Gasteiger partial charge in [-0.1, -0.05) is 6.07 Å². The van der Waals surface area contributed by atoms with Crippen molar-refractivity contribution in [1.82, 2.24) is 10.3 Å². The molecule has 0 spiro atoms. The standard InChI is InChI=1S/C13H20N2O/c1-13(2)6-5-12(16-13)10-15-9-11-4-3-7-14-8-11/h3-4,7-8,12,15H,5-6,9-10H2,1-2H3. The van der Waals surface area contributed by atoms with Gasteiger partial charge in [-0.2, -0.15) is 0 Å². The summed E-state index contributed by atoms with van der Waals surface area (Å²) in [7, 11) is 0. The van der Waals surface area contributed by atoms with Gasteiger partial charge in [-0.25, -0.2) is 0 Å². The van der Waals surface area contributed by atoms with Crippen LogP contribution in [0.2, 0.25) is 0 Å². The van der Waals surface area contributed by atoms with Crippen LogP contribution in [0.3, 0.4) is 0 Å². The van der Waals surface area contributed by atoms with Crippen LogP contribution in [-0.2, 0) is 11.3 Å². The van der Waals surface area contributed by atoms with Crippen molar-refractivity contribution in [3.8, 4) is 0 Å². The molecule has 1 unspecified atom stereocenters. The van der Waals surface area contributed by atoms with E-state index in [1.54, 1.807) is 6.20 Å². The van der Waals surface area contributed by atoms with Crippen LogP contribution in [0.5, 0.6) is 0 Å². The van der Waals surface area contributed by atoms with Crippen LogP contribution in [0, 0.1) is 0 Å². The minimum atomic E-state index is 0.0701. The molecule has 1 N–H and O–H groups in total. The second kappa shape index (κ2) is 4.93. The second-order valence-corrected chi connectivity index (χ2v) is 5.03. The fourth-order valence-corrected chi connectivity index (χ4v) is 2.10. The number of aromatic nitrogens is 1. The highest BCUT2D eigenvalue weighted by Gasteiger charge is 2.30. The highest BCUT2D eigenvalue weighted by atomic mass is 16.5. The van der Waals surface area contributed by atoms with E-state index in [9.17, 15) is 0 Å². The first kappa shape index (κ1) is 11.6. The maximum Gasteiger partial charge on any atom is 0.0707 e. The number of rotatable bonds is 4. The van der Waals surface area contributed by atoms with Gasteiger partial charge in [-0.3, -0.25) is 4.98 Å². The lowest BCUT2D eigenvalue weighted by atomic mass is 10.1. The molecule has 0 aromatic carbocycles. The number of hydrogen-bond donors (Lipinski definition) is 1. The third-order valence-corrected chi connectivity index (χ3v) is 2.98. The summed E-state index contributed by atoms with van der Waals surface area (Å²) in [6, 6.07) is 4.05. The van der Waals surface area contributed by atoms with Crippen LogP contribution < -0.4 is 5.32 Å². The fourth-order valence-electron chi connectivity index (χ4n) is 2.10. The topological polar surface area (TPSA) is 34.2 Å². The predicted molar refractivity (Wildman–Crippen MR) is 64.1 cm³/mol. The Morgan fingerprint density at radius 1 is 1.56 bits per heavy atom. The first-order chi connectivity index (χ1) is 7.66. The highest BCUT2D eigenvalue weighted by molar-refractivity contribution is 5.07. The highest BCUT2D eigenvalue weighted by Crippen LogP contribution is 2.28. The van der Waals surface area contributed by atoms with Gasteiger partial charge in [0.1, 0.15) is 0 Å². The molecule has 2 rings (SSSR count). The third kappa shape index (κ3) is 3.29. The molecule has 16 heavy (non-hydrogen) atoms. The van der Waals surface area contributed by atoms with E-state index in [0.717, 1.165) is 25.9 Å². The fraction of sp³-hybridized carbons (Fsp3) is 0.615. The van der Waals surface area contributed by atoms with Crippen molar-refractivity contribution in [2.75, 3.05) is 6.54 Å². The van der Waals surface area contributed by atoms with E-state index < -0.39 is 0 Å². The molecule has 0 aliphatic carbocycles. The van der Waals surface area contributed by atoms with Crippen LogP contribution in [0.1, 0.15) is 32.3 Å². The zero-order valence-corrected chi connectivity index (χ0v) is 10.1. The summed E-state index contributed by atoms with van der Waals surface area (Å²) in [5.74, 6) is 0. The van der Waals surface area contributed by atoms with Gasteiger partial charge in [0, 0.05) is 25.5 Å². The molecule has 0 saturated carbocycles. The van der Waals surface area contributed by atoms with E-state index in [4.69, 9.17) is 4.74 Å². The Bertz CT molecular complexity index is 324. The van der Waals surface area contributed by atoms with E-state index in [1.165, 1.54) is 5.56 Å². The van der Waals surface area contributed by atoms with Crippen molar-refractivity contribution in [2.24, 2.45) is 0 Å². The van der Waals surface area contributed by atoms with Gasteiger partial charge in [0.05, 0.1) is 11.7 Å². The molecule has 3 nitrogen and oxygen atoms in total. The predicted octanol–water partition coefficient (Wildman–Crippen LogP) is 2.13. The second-order valence-electron chi connectivity index (χ2n) is 5.03. The number of nitrogens with zero attached hydrogens (tertiary/aromatic N) is 1. The normalized spacial score (nSPS) is 23.5. The molecule has 2 heterocycles. The minimum absolute atomic E-state index is 0.0701. The average molecular weight is 220 g/mol. The van der Waals surface area contributed by atoms with Crippen LogP contribution in [0.15, 0.2) is 24.5 Å². The van der Waals surface area contributed by atoms with E-state index in [-0.39, 0.29) is 5.60 Å².